The first kappa shape index (κ1) is 20.7. The lowest BCUT2D eigenvalue weighted by Crippen LogP contribution is -2.34. The Kier molecular flexibility index (Phi) is 6.11. The number of hydrogen-bond acceptors (Lipinski definition) is 4. The highest BCUT2D eigenvalue weighted by molar-refractivity contribution is 5.99. The second-order valence-corrected chi connectivity index (χ2v) is 8.23. The van der Waals surface area contributed by atoms with E-state index in [1.54, 1.807) is 25.1 Å². The van der Waals surface area contributed by atoms with Crippen LogP contribution in [-0.2, 0) is 15.0 Å². The van der Waals surface area contributed by atoms with Crippen molar-refractivity contribution in [2.24, 2.45) is 0 Å². The third-order valence-corrected chi connectivity index (χ3v) is 4.73. The van der Waals surface area contributed by atoms with Gasteiger partial charge in [-0.25, -0.2) is 0 Å². The predicted octanol–water partition coefficient (Wildman–Crippen LogP) is 4.50. The number of nitrogens with one attached hydrogen (secondary N) is 2. The smallest absolute Gasteiger partial charge is 0.265 e. The SMILES string of the molecule is C[C@H]1Oc2ccc(NC(=O)CCCOc3ccc(C(C)(C)C)cc3)cc2NC1=O. The first-order chi connectivity index (χ1) is 13.7. The maximum absolute atomic E-state index is 12.2. The standard InChI is InChI=1S/C23H28N2O4/c1-15-22(27)25-19-14-17(9-12-20(19)29-15)24-21(26)6-5-13-28-18-10-7-16(8-11-18)23(2,3)4/h7-12,14-15H,5-6,13H2,1-4H3,(H,24,26)(H,25,27)/t15-/m1/s1. The van der Waals surface area contributed by atoms with Crippen LogP contribution in [0.2, 0.25) is 0 Å². The minimum absolute atomic E-state index is 0.104. The van der Waals surface area contributed by atoms with Crippen LogP contribution < -0.4 is 20.1 Å². The summed E-state index contributed by atoms with van der Waals surface area (Å²) in [5.41, 5.74) is 2.55. The van der Waals surface area contributed by atoms with Gasteiger partial charge in [0.15, 0.2) is 6.10 Å². The molecule has 6 heteroatoms. The summed E-state index contributed by atoms with van der Waals surface area (Å²) in [5, 5.41) is 5.61. The van der Waals surface area contributed by atoms with E-state index < -0.39 is 6.10 Å². The van der Waals surface area contributed by atoms with Crippen molar-refractivity contribution in [3.8, 4) is 11.5 Å². The second kappa shape index (κ2) is 8.55. The monoisotopic (exact) mass is 396 g/mol. The zero-order valence-electron chi connectivity index (χ0n) is 17.4. The van der Waals surface area contributed by atoms with E-state index in [0.29, 0.717) is 36.6 Å². The summed E-state index contributed by atoms with van der Waals surface area (Å²) >= 11 is 0. The first-order valence-electron chi connectivity index (χ1n) is 9.87. The quantitative estimate of drug-likeness (QED) is 0.705. The Labute approximate surface area is 171 Å². The first-order valence-corrected chi connectivity index (χ1v) is 9.87. The minimum atomic E-state index is -0.521. The van der Waals surface area contributed by atoms with Crippen LogP contribution in [0.1, 0.15) is 46.1 Å². The number of hydrogen-bond donors (Lipinski definition) is 2. The molecule has 2 aromatic rings. The van der Waals surface area contributed by atoms with Crippen LogP contribution in [-0.4, -0.2) is 24.5 Å². The molecule has 0 saturated carbocycles. The van der Waals surface area contributed by atoms with E-state index in [4.69, 9.17) is 9.47 Å². The molecule has 154 valence electrons. The summed E-state index contributed by atoms with van der Waals surface area (Å²) in [5.74, 6) is 1.10. The van der Waals surface area contributed by atoms with Gasteiger partial charge < -0.3 is 20.1 Å². The lowest BCUT2D eigenvalue weighted by atomic mass is 9.87. The lowest BCUT2D eigenvalue weighted by molar-refractivity contribution is -0.122. The highest BCUT2D eigenvalue weighted by Gasteiger charge is 2.23. The largest absolute Gasteiger partial charge is 0.494 e. The Hall–Kier alpha value is -3.02. The van der Waals surface area contributed by atoms with Gasteiger partial charge in [0.25, 0.3) is 5.91 Å². The van der Waals surface area contributed by atoms with Crippen LogP contribution in [0.15, 0.2) is 42.5 Å². The van der Waals surface area contributed by atoms with Gasteiger partial charge >= 0.3 is 0 Å². The summed E-state index contributed by atoms with van der Waals surface area (Å²) in [6, 6.07) is 13.3. The molecule has 0 bridgehead atoms. The molecule has 0 fully saturated rings. The van der Waals surface area contributed by atoms with Crippen LogP contribution in [0.4, 0.5) is 11.4 Å². The highest BCUT2D eigenvalue weighted by atomic mass is 16.5. The van der Waals surface area contributed by atoms with Gasteiger partial charge in [0, 0.05) is 12.1 Å². The molecule has 3 rings (SSSR count). The fourth-order valence-electron chi connectivity index (χ4n) is 2.98. The van der Waals surface area contributed by atoms with E-state index in [9.17, 15) is 9.59 Å². The van der Waals surface area contributed by atoms with Crippen LogP contribution in [0.25, 0.3) is 0 Å². The fraction of sp³-hybridized carbons (Fsp3) is 0.391. The summed E-state index contributed by atoms with van der Waals surface area (Å²) < 4.78 is 11.2. The van der Waals surface area contributed by atoms with Crippen molar-refractivity contribution in [1.29, 1.82) is 0 Å². The van der Waals surface area contributed by atoms with Crippen molar-refractivity contribution in [3.05, 3.63) is 48.0 Å². The molecule has 0 spiro atoms. The summed E-state index contributed by atoms with van der Waals surface area (Å²) in [7, 11) is 0. The molecular formula is C23H28N2O4. The molecule has 0 aromatic heterocycles. The van der Waals surface area contributed by atoms with E-state index in [-0.39, 0.29) is 17.2 Å². The van der Waals surface area contributed by atoms with E-state index >= 15 is 0 Å². The van der Waals surface area contributed by atoms with Crippen LogP contribution >= 0.6 is 0 Å². The molecule has 29 heavy (non-hydrogen) atoms. The Morgan fingerprint density at radius 3 is 2.59 bits per heavy atom. The van der Waals surface area contributed by atoms with E-state index in [1.807, 2.05) is 12.1 Å². The summed E-state index contributed by atoms with van der Waals surface area (Å²) in [6.07, 6.45) is 0.430. The number of anilines is 2. The molecule has 2 aromatic carbocycles. The average molecular weight is 396 g/mol. The molecular weight excluding hydrogens is 368 g/mol. The molecule has 1 heterocycles. The van der Waals surface area contributed by atoms with Gasteiger partial charge in [-0.2, -0.15) is 0 Å². The van der Waals surface area contributed by atoms with E-state index in [1.165, 1.54) is 5.56 Å². The Bertz CT molecular complexity index is 885. The van der Waals surface area contributed by atoms with Crippen molar-refractivity contribution in [2.45, 2.75) is 52.1 Å². The zero-order valence-corrected chi connectivity index (χ0v) is 17.4. The van der Waals surface area contributed by atoms with Crippen LogP contribution in [0.3, 0.4) is 0 Å². The number of carbonyl (C=O) groups is 2. The molecule has 2 N–H and O–H groups in total. The van der Waals surface area contributed by atoms with Crippen molar-refractivity contribution >= 4 is 23.2 Å². The van der Waals surface area contributed by atoms with Crippen LogP contribution in [0, 0.1) is 0 Å². The fourth-order valence-corrected chi connectivity index (χ4v) is 2.98. The maximum atomic E-state index is 12.2. The topological polar surface area (TPSA) is 76.7 Å². The molecule has 0 aliphatic carbocycles. The molecule has 1 aliphatic heterocycles. The molecule has 0 saturated heterocycles. The van der Waals surface area contributed by atoms with Gasteiger partial charge in [-0.3, -0.25) is 9.59 Å². The van der Waals surface area contributed by atoms with Crippen molar-refractivity contribution in [3.63, 3.8) is 0 Å². The summed E-state index contributed by atoms with van der Waals surface area (Å²) in [6.45, 7) is 8.67. The summed E-state index contributed by atoms with van der Waals surface area (Å²) in [4.78, 5) is 23.9. The average Bonchev–Trinajstić information content (AvgIpc) is 2.66. The molecule has 1 aliphatic rings. The minimum Gasteiger partial charge on any atom is -0.494 e. The Morgan fingerprint density at radius 1 is 1.17 bits per heavy atom. The maximum Gasteiger partial charge on any atom is 0.265 e. The molecule has 6 nitrogen and oxygen atoms in total. The lowest BCUT2D eigenvalue weighted by Gasteiger charge is -2.23. The molecule has 0 radical (unpaired) electrons. The zero-order chi connectivity index (χ0) is 21.0. The van der Waals surface area contributed by atoms with Gasteiger partial charge in [-0.15, -0.1) is 0 Å². The Balaban J connectivity index is 1.44. The highest BCUT2D eigenvalue weighted by Crippen LogP contribution is 2.32. The van der Waals surface area contributed by atoms with Crippen LogP contribution in [0.5, 0.6) is 11.5 Å². The number of fused-ring (bicyclic) bond motifs is 1. The van der Waals surface area contributed by atoms with Gasteiger partial charge in [-0.05, 0) is 54.7 Å². The molecule has 0 unspecified atom stereocenters. The number of amides is 2. The number of carbonyl (C=O) groups excluding carboxylic acids is 2. The van der Waals surface area contributed by atoms with Gasteiger partial charge in [0.1, 0.15) is 11.5 Å². The number of ether oxygens (including phenoxy) is 2. The predicted molar refractivity (Wildman–Crippen MR) is 114 cm³/mol. The van der Waals surface area contributed by atoms with E-state index in [0.717, 1.165) is 5.75 Å². The van der Waals surface area contributed by atoms with Crippen molar-refractivity contribution in [2.75, 3.05) is 17.2 Å². The molecule has 2 amide bonds. The van der Waals surface area contributed by atoms with Gasteiger partial charge in [-0.1, -0.05) is 32.9 Å². The third kappa shape index (κ3) is 5.50. The van der Waals surface area contributed by atoms with Crippen molar-refractivity contribution < 1.29 is 19.1 Å². The molecule has 1 atom stereocenters. The normalized spacial score (nSPS) is 15.7. The van der Waals surface area contributed by atoms with Gasteiger partial charge in [0.05, 0.1) is 12.3 Å². The second-order valence-electron chi connectivity index (χ2n) is 8.23. The van der Waals surface area contributed by atoms with Crippen molar-refractivity contribution in [1.82, 2.24) is 0 Å². The number of rotatable bonds is 6. The number of benzene rings is 2. The Morgan fingerprint density at radius 2 is 1.90 bits per heavy atom. The van der Waals surface area contributed by atoms with Gasteiger partial charge in [0.2, 0.25) is 5.91 Å². The third-order valence-electron chi connectivity index (χ3n) is 4.73. The van der Waals surface area contributed by atoms with E-state index in [2.05, 4.69) is 43.5 Å².